The van der Waals surface area contributed by atoms with Crippen molar-refractivity contribution in [1.82, 2.24) is 15.1 Å². The Morgan fingerprint density at radius 3 is 2.41 bits per heavy atom. The number of halogens is 4. The van der Waals surface area contributed by atoms with E-state index in [2.05, 4.69) is 10.4 Å². The maximum Gasteiger partial charge on any atom is 0.404 e. The molecule has 0 radical (unpaired) electrons. The number of nitrogens with zero attached hydrogens (tertiary/aromatic N) is 2. The van der Waals surface area contributed by atoms with Gasteiger partial charge in [-0.15, -0.1) is 0 Å². The van der Waals surface area contributed by atoms with Crippen LogP contribution in [0.25, 0.3) is 0 Å². The molecule has 1 aromatic heterocycles. The number of rotatable bonds is 4. The van der Waals surface area contributed by atoms with Crippen LogP contribution in [0.15, 0.2) is 0 Å². The summed E-state index contributed by atoms with van der Waals surface area (Å²) < 4.78 is 39.6. The minimum Gasteiger partial charge on any atom is -0.306 e. The van der Waals surface area contributed by atoms with Crippen LogP contribution in [0.3, 0.4) is 0 Å². The van der Waals surface area contributed by atoms with Crippen LogP contribution in [-0.2, 0) is 13.5 Å². The summed E-state index contributed by atoms with van der Waals surface area (Å²) in [6.45, 7) is 3.54. The Kier molecular flexibility index (Phi) is 4.43. The van der Waals surface area contributed by atoms with Gasteiger partial charge in [0.1, 0.15) is 11.2 Å². The van der Waals surface area contributed by atoms with Crippen molar-refractivity contribution in [2.75, 3.05) is 6.54 Å². The van der Waals surface area contributed by atoms with E-state index in [9.17, 15) is 13.2 Å². The van der Waals surface area contributed by atoms with Crippen LogP contribution in [0.2, 0.25) is 5.15 Å². The van der Waals surface area contributed by atoms with E-state index in [4.69, 9.17) is 11.6 Å². The SMILES string of the molecule is CCNC(Cc1c(C)nn(C)c1Cl)C(F)(F)F. The topological polar surface area (TPSA) is 29.9 Å². The predicted molar refractivity (Wildman–Crippen MR) is 60.2 cm³/mol. The first-order chi connectivity index (χ1) is 7.77. The lowest BCUT2D eigenvalue weighted by molar-refractivity contribution is -0.155. The Labute approximate surface area is 103 Å². The molecule has 7 heteroatoms. The first kappa shape index (κ1) is 14.3. The zero-order valence-corrected chi connectivity index (χ0v) is 10.7. The minimum absolute atomic E-state index is 0.199. The molecule has 1 atom stereocenters. The summed E-state index contributed by atoms with van der Waals surface area (Å²) in [5, 5.41) is 6.67. The molecule has 0 amide bonds. The van der Waals surface area contributed by atoms with Crippen molar-refractivity contribution in [2.45, 2.75) is 32.5 Å². The summed E-state index contributed by atoms with van der Waals surface area (Å²) in [4.78, 5) is 0. The van der Waals surface area contributed by atoms with Crippen molar-refractivity contribution in [3.05, 3.63) is 16.4 Å². The van der Waals surface area contributed by atoms with Gasteiger partial charge in [-0.2, -0.15) is 18.3 Å². The Morgan fingerprint density at radius 2 is 2.06 bits per heavy atom. The fraction of sp³-hybridized carbons (Fsp3) is 0.700. The molecule has 0 aliphatic carbocycles. The quantitative estimate of drug-likeness (QED) is 0.910. The largest absolute Gasteiger partial charge is 0.404 e. The molecule has 0 bridgehead atoms. The molecule has 3 nitrogen and oxygen atoms in total. The highest BCUT2D eigenvalue weighted by molar-refractivity contribution is 6.30. The summed E-state index contributed by atoms with van der Waals surface area (Å²) in [5.41, 5.74) is 0.974. The van der Waals surface area contributed by atoms with Gasteiger partial charge < -0.3 is 5.32 Å². The highest BCUT2D eigenvalue weighted by Gasteiger charge is 2.39. The van der Waals surface area contributed by atoms with Gasteiger partial charge in [0.25, 0.3) is 0 Å². The molecule has 0 fully saturated rings. The van der Waals surface area contributed by atoms with Crippen molar-refractivity contribution in [3.8, 4) is 0 Å². The van der Waals surface area contributed by atoms with Crippen LogP contribution in [0.5, 0.6) is 0 Å². The summed E-state index contributed by atoms with van der Waals surface area (Å²) in [7, 11) is 1.61. The lowest BCUT2D eigenvalue weighted by Gasteiger charge is -2.20. The van der Waals surface area contributed by atoms with E-state index in [0.717, 1.165) is 0 Å². The Bertz CT molecular complexity index is 387. The molecule has 0 spiro atoms. The molecule has 1 unspecified atom stereocenters. The van der Waals surface area contributed by atoms with Crippen molar-refractivity contribution >= 4 is 11.6 Å². The standard InChI is InChI=1S/C10H15ClF3N3/c1-4-15-8(10(12,13)14)5-7-6(2)16-17(3)9(7)11/h8,15H,4-5H2,1-3H3. The first-order valence-electron chi connectivity index (χ1n) is 5.25. The van der Waals surface area contributed by atoms with Crippen LogP contribution < -0.4 is 5.32 Å². The van der Waals surface area contributed by atoms with Crippen molar-refractivity contribution < 1.29 is 13.2 Å². The monoisotopic (exact) mass is 269 g/mol. The van der Waals surface area contributed by atoms with Gasteiger partial charge in [-0.05, 0) is 13.5 Å². The smallest absolute Gasteiger partial charge is 0.306 e. The Balaban J connectivity index is 2.94. The van der Waals surface area contributed by atoms with Gasteiger partial charge in [0, 0.05) is 19.0 Å². The zero-order valence-electron chi connectivity index (χ0n) is 9.90. The maximum atomic E-state index is 12.7. The number of aromatic nitrogens is 2. The molecule has 1 rings (SSSR count). The van der Waals surface area contributed by atoms with Gasteiger partial charge in [0.05, 0.1) is 5.69 Å². The predicted octanol–water partition coefficient (Wildman–Crippen LogP) is 2.46. The molecule has 17 heavy (non-hydrogen) atoms. The van der Waals surface area contributed by atoms with Crippen molar-refractivity contribution in [3.63, 3.8) is 0 Å². The van der Waals surface area contributed by atoms with Gasteiger partial charge in [-0.1, -0.05) is 18.5 Å². The van der Waals surface area contributed by atoms with Crippen LogP contribution >= 0.6 is 11.6 Å². The van der Waals surface area contributed by atoms with Gasteiger partial charge in [0.15, 0.2) is 0 Å². The molecule has 1 N–H and O–H groups in total. The third kappa shape index (κ3) is 3.35. The lowest BCUT2D eigenvalue weighted by atomic mass is 10.1. The van der Waals surface area contributed by atoms with E-state index in [1.54, 1.807) is 20.9 Å². The summed E-state index contributed by atoms with van der Waals surface area (Å²) >= 11 is 5.91. The molecule has 1 heterocycles. The van der Waals surface area contributed by atoms with Crippen LogP contribution in [0.4, 0.5) is 13.2 Å². The molecule has 0 aliphatic heterocycles. The van der Waals surface area contributed by atoms with E-state index in [1.165, 1.54) is 4.68 Å². The average Bonchev–Trinajstić information content (AvgIpc) is 2.42. The van der Waals surface area contributed by atoms with Gasteiger partial charge in [0.2, 0.25) is 0 Å². The molecule has 98 valence electrons. The number of aryl methyl sites for hydroxylation is 2. The molecular formula is C10H15ClF3N3. The molecule has 1 aromatic rings. The fourth-order valence-corrected chi connectivity index (χ4v) is 1.91. The van der Waals surface area contributed by atoms with Crippen LogP contribution in [0.1, 0.15) is 18.2 Å². The summed E-state index contributed by atoms with van der Waals surface area (Å²) in [6, 6.07) is -1.59. The number of hydrogen-bond acceptors (Lipinski definition) is 2. The number of likely N-dealkylation sites (N-methyl/N-ethyl adjacent to an activating group) is 1. The number of nitrogens with one attached hydrogen (secondary N) is 1. The second kappa shape index (κ2) is 5.27. The molecule has 0 saturated heterocycles. The van der Waals surface area contributed by atoms with Gasteiger partial charge >= 0.3 is 6.18 Å². The van der Waals surface area contributed by atoms with Gasteiger partial charge in [-0.3, -0.25) is 4.68 Å². The third-order valence-corrected chi connectivity index (χ3v) is 3.00. The van der Waals surface area contributed by atoms with E-state index in [0.29, 0.717) is 11.3 Å². The molecule has 0 saturated carbocycles. The third-order valence-electron chi connectivity index (χ3n) is 2.52. The van der Waals surface area contributed by atoms with Crippen LogP contribution in [0, 0.1) is 6.92 Å². The second-order valence-corrected chi connectivity index (χ2v) is 4.19. The zero-order chi connectivity index (χ0) is 13.2. The molecule has 0 aromatic carbocycles. The lowest BCUT2D eigenvalue weighted by Crippen LogP contribution is -2.43. The summed E-state index contributed by atoms with van der Waals surface area (Å²) in [5.74, 6) is 0. The molecule has 0 aliphatic rings. The Hall–Kier alpha value is -0.750. The van der Waals surface area contributed by atoms with E-state index >= 15 is 0 Å². The van der Waals surface area contributed by atoms with Crippen molar-refractivity contribution in [1.29, 1.82) is 0 Å². The highest BCUT2D eigenvalue weighted by atomic mass is 35.5. The van der Waals surface area contributed by atoms with E-state index in [1.807, 2.05) is 0 Å². The average molecular weight is 270 g/mol. The maximum absolute atomic E-state index is 12.7. The summed E-state index contributed by atoms with van der Waals surface area (Å²) in [6.07, 6.45) is -4.49. The van der Waals surface area contributed by atoms with Gasteiger partial charge in [-0.25, -0.2) is 0 Å². The van der Waals surface area contributed by atoms with Crippen molar-refractivity contribution in [2.24, 2.45) is 7.05 Å². The second-order valence-electron chi connectivity index (χ2n) is 3.83. The van der Waals surface area contributed by atoms with E-state index < -0.39 is 12.2 Å². The van der Waals surface area contributed by atoms with Crippen LogP contribution in [-0.4, -0.2) is 28.5 Å². The fourth-order valence-electron chi connectivity index (χ4n) is 1.66. The Morgan fingerprint density at radius 1 is 1.47 bits per heavy atom. The number of hydrogen-bond donors (Lipinski definition) is 1. The molecular weight excluding hydrogens is 255 g/mol. The highest BCUT2D eigenvalue weighted by Crippen LogP contribution is 2.27. The first-order valence-corrected chi connectivity index (χ1v) is 5.63. The minimum atomic E-state index is -4.29. The normalized spacial score (nSPS) is 14.1. The van der Waals surface area contributed by atoms with E-state index in [-0.39, 0.29) is 18.1 Å². The number of alkyl halides is 3.